The van der Waals surface area contributed by atoms with Crippen LogP contribution >= 0.6 is 0 Å². The van der Waals surface area contributed by atoms with Gasteiger partial charge in [-0.1, -0.05) is 6.92 Å². The van der Waals surface area contributed by atoms with Crippen molar-refractivity contribution in [2.75, 3.05) is 13.1 Å². The molecule has 0 radical (unpaired) electrons. The van der Waals surface area contributed by atoms with Crippen LogP contribution in [0.15, 0.2) is 6.07 Å². The summed E-state index contributed by atoms with van der Waals surface area (Å²) >= 11 is 0. The Bertz CT molecular complexity index is 492. The number of carbonyl (C=O) groups excluding carboxylic acids is 1. The Morgan fingerprint density at radius 1 is 1.45 bits per heavy atom. The van der Waals surface area contributed by atoms with Crippen molar-refractivity contribution in [2.24, 2.45) is 5.92 Å². The van der Waals surface area contributed by atoms with E-state index in [4.69, 9.17) is 0 Å². The summed E-state index contributed by atoms with van der Waals surface area (Å²) in [5, 5.41) is 10.3. The molecule has 2 atom stereocenters. The quantitative estimate of drug-likeness (QED) is 0.880. The highest BCUT2D eigenvalue weighted by atomic mass is 16.2. The fourth-order valence-electron chi connectivity index (χ4n) is 2.91. The molecule has 1 saturated heterocycles. The van der Waals surface area contributed by atoms with Crippen molar-refractivity contribution in [2.45, 2.75) is 51.6 Å². The first-order valence-electron chi connectivity index (χ1n) is 7.65. The maximum absolute atomic E-state index is 12.3. The van der Waals surface area contributed by atoms with E-state index in [0.717, 1.165) is 18.8 Å². The summed E-state index contributed by atoms with van der Waals surface area (Å²) in [5.41, 5.74) is 1.64. The summed E-state index contributed by atoms with van der Waals surface area (Å²) in [7, 11) is 0. The predicted molar refractivity (Wildman–Crippen MR) is 77.7 cm³/mol. The molecule has 1 aliphatic heterocycles. The van der Waals surface area contributed by atoms with Crippen molar-refractivity contribution in [3.63, 3.8) is 0 Å². The Morgan fingerprint density at radius 3 is 2.80 bits per heavy atom. The van der Waals surface area contributed by atoms with Crippen LogP contribution in [0.25, 0.3) is 0 Å². The summed E-state index contributed by atoms with van der Waals surface area (Å²) < 4.78 is 0. The second-order valence-electron chi connectivity index (χ2n) is 6.59. The molecule has 1 aliphatic carbocycles. The topological polar surface area (TPSA) is 61.0 Å². The predicted octanol–water partition coefficient (Wildman–Crippen LogP) is 1.75. The molecule has 1 amide bonds. The number of carbonyl (C=O) groups is 1. The highest BCUT2D eigenvalue weighted by Crippen LogP contribution is 2.39. The number of amides is 1. The lowest BCUT2D eigenvalue weighted by Gasteiger charge is -2.20. The minimum atomic E-state index is -0.0457. The zero-order chi connectivity index (χ0) is 14.3. The van der Waals surface area contributed by atoms with Crippen LogP contribution < -0.4 is 5.32 Å². The molecule has 3 rings (SSSR count). The summed E-state index contributed by atoms with van der Waals surface area (Å²) in [6.45, 7) is 8.59. The largest absolute Gasteiger partial charge is 0.346 e. The number of nitrogens with zero attached hydrogens (tertiary/aromatic N) is 2. The molecule has 2 N–H and O–H groups in total. The highest BCUT2D eigenvalue weighted by molar-refractivity contribution is 5.92. The molecule has 0 spiro atoms. The molecule has 1 saturated carbocycles. The van der Waals surface area contributed by atoms with E-state index in [1.165, 1.54) is 12.8 Å². The average Bonchev–Trinajstić information content (AvgIpc) is 3.01. The van der Waals surface area contributed by atoms with Gasteiger partial charge in [0.1, 0.15) is 5.69 Å². The van der Waals surface area contributed by atoms with Crippen LogP contribution in [-0.4, -0.2) is 46.2 Å². The highest BCUT2D eigenvalue weighted by Gasteiger charge is 2.33. The van der Waals surface area contributed by atoms with Crippen molar-refractivity contribution < 1.29 is 4.79 Å². The lowest BCUT2D eigenvalue weighted by atomic mass is 10.1. The Labute approximate surface area is 120 Å². The monoisotopic (exact) mass is 276 g/mol. The third kappa shape index (κ3) is 2.73. The van der Waals surface area contributed by atoms with Gasteiger partial charge in [-0.3, -0.25) is 14.8 Å². The third-order valence-electron chi connectivity index (χ3n) is 4.53. The number of nitrogens with one attached hydrogen (secondary N) is 2. The van der Waals surface area contributed by atoms with Crippen molar-refractivity contribution in [1.82, 2.24) is 20.4 Å². The van der Waals surface area contributed by atoms with Crippen molar-refractivity contribution in [3.05, 3.63) is 17.5 Å². The molecule has 2 aliphatic rings. The smallest absolute Gasteiger partial charge is 0.272 e. The third-order valence-corrected chi connectivity index (χ3v) is 4.53. The normalized spacial score (nSPS) is 27.2. The van der Waals surface area contributed by atoms with Crippen molar-refractivity contribution >= 4 is 5.91 Å². The second-order valence-corrected chi connectivity index (χ2v) is 6.59. The van der Waals surface area contributed by atoms with Gasteiger partial charge in [0.15, 0.2) is 0 Å². The molecule has 2 fully saturated rings. The number of rotatable bonds is 4. The van der Waals surface area contributed by atoms with E-state index in [1.807, 2.05) is 6.07 Å². The van der Waals surface area contributed by atoms with Gasteiger partial charge in [0.05, 0.1) is 0 Å². The minimum absolute atomic E-state index is 0.0457. The van der Waals surface area contributed by atoms with Crippen molar-refractivity contribution in [1.29, 1.82) is 0 Å². The Hall–Kier alpha value is -1.36. The molecule has 0 unspecified atom stereocenters. The first kappa shape index (κ1) is 13.6. The van der Waals surface area contributed by atoms with E-state index in [-0.39, 0.29) is 11.9 Å². The van der Waals surface area contributed by atoms with E-state index < -0.39 is 0 Å². The lowest BCUT2D eigenvalue weighted by molar-refractivity contribution is 0.0925. The van der Waals surface area contributed by atoms with E-state index in [9.17, 15) is 4.79 Å². The van der Waals surface area contributed by atoms with E-state index >= 15 is 0 Å². The Kier molecular flexibility index (Phi) is 3.54. The molecule has 0 bridgehead atoms. The fraction of sp³-hybridized carbons (Fsp3) is 0.733. The van der Waals surface area contributed by atoms with Gasteiger partial charge in [0.2, 0.25) is 0 Å². The van der Waals surface area contributed by atoms with Crippen LogP contribution in [0.3, 0.4) is 0 Å². The number of aromatic nitrogens is 2. The first-order valence-corrected chi connectivity index (χ1v) is 7.65. The fourth-order valence-corrected chi connectivity index (χ4v) is 2.91. The lowest BCUT2D eigenvalue weighted by Crippen LogP contribution is -2.40. The number of aromatic amines is 1. The number of hydrogen-bond donors (Lipinski definition) is 2. The summed E-state index contributed by atoms with van der Waals surface area (Å²) in [5.74, 6) is 1.05. The van der Waals surface area contributed by atoms with Crippen LogP contribution in [0.5, 0.6) is 0 Å². The maximum Gasteiger partial charge on any atom is 0.272 e. The van der Waals surface area contributed by atoms with Gasteiger partial charge in [-0.05, 0) is 38.7 Å². The first-order chi connectivity index (χ1) is 9.54. The zero-order valence-electron chi connectivity index (χ0n) is 12.5. The molecular weight excluding hydrogens is 252 g/mol. The van der Waals surface area contributed by atoms with Gasteiger partial charge in [0, 0.05) is 36.8 Å². The molecule has 0 aromatic carbocycles. The van der Waals surface area contributed by atoms with Gasteiger partial charge >= 0.3 is 0 Å². The SMILES string of the molecule is CC(C)N1C[C@H](NC(=O)c2cc(C3CC3)[nH]n2)[C@@H](C)C1. The maximum atomic E-state index is 12.3. The van der Waals surface area contributed by atoms with Crippen LogP contribution in [0, 0.1) is 5.92 Å². The average molecular weight is 276 g/mol. The van der Waals surface area contributed by atoms with E-state index in [1.54, 1.807) is 0 Å². The molecule has 5 heteroatoms. The van der Waals surface area contributed by atoms with Gasteiger partial charge < -0.3 is 5.32 Å². The van der Waals surface area contributed by atoms with Gasteiger partial charge in [0.25, 0.3) is 5.91 Å². The number of likely N-dealkylation sites (tertiary alicyclic amines) is 1. The van der Waals surface area contributed by atoms with E-state index in [0.29, 0.717) is 23.6 Å². The second kappa shape index (κ2) is 5.20. The standard InChI is InChI=1S/C15H24N4O/c1-9(2)19-7-10(3)14(8-19)16-15(20)13-6-12(17-18-13)11-4-5-11/h6,9-11,14H,4-5,7-8H2,1-3H3,(H,16,20)(H,17,18)/t10-,14-/m0/s1. The zero-order valence-corrected chi connectivity index (χ0v) is 12.5. The molecular formula is C15H24N4O. The van der Waals surface area contributed by atoms with Gasteiger partial charge in [-0.25, -0.2) is 0 Å². The summed E-state index contributed by atoms with van der Waals surface area (Å²) in [6, 6.07) is 2.67. The molecule has 2 heterocycles. The Morgan fingerprint density at radius 2 is 2.20 bits per heavy atom. The Balaban J connectivity index is 1.60. The summed E-state index contributed by atoms with van der Waals surface area (Å²) in [6.07, 6.45) is 2.43. The minimum Gasteiger partial charge on any atom is -0.346 e. The number of hydrogen-bond acceptors (Lipinski definition) is 3. The molecule has 1 aromatic heterocycles. The van der Waals surface area contributed by atoms with Gasteiger partial charge in [-0.15, -0.1) is 0 Å². The van der Waals surface area contributed by atoms with Gasteiger partial charge in [-0.2, -0.15) is 5.10 Å². The van der Waals surface area contributed by atoms with Crippen molar-refractivity contribution in [3.8, 4) is 0 Å². The van der Waals surface area contributed by atoms with Crippen LogP contribution in [0.2, 0.25) is 0 Å². The van der Waals surface area contributed by atoms with E-state index in [2.05, 4.69) is 41.2 Å². The molecule has 1 aromatic rings. The number of H-pyrrole nitrogens is 1. The molecule has 5 nitrogen and oxygen atoms in total. The van der Waals surface area contributed by atoms with Crippen LogP contribution in [0.1, 0.15) is 55.7 Å². The van der Waals surface area contributed by atoms with Crippen LogP contribution in [-0.2, 0) is 0 Å². The summed E-state index contributed by atoms with van der Waals surface area (Å²) in [4.78, 5) is 14.7. The molecule has 20 heavy (non-hydrogen) atoms. The molecule has 110 valence electrons. The van der Waals surface area contributed by atoms with Crippen LogP contribution in [0.4, 0.5) is 0 Å².